The molecule has 0 saturated heterocycles. The summed E-state index contributed by atoms with van der Waals surface area (Å²) < 4.78 is 11.9. The number of nitrogens with zero attached hydrogens (tertiary/aromatic N) is 1. The SMILES string of the molecule is COC(=O)c1ccc(C)c(NC(=O)COC(=O)c2ccc(-n3c(C)ccc3C)cc2)c1. The van der Waals surface area contributed by atoms with Crippen molar-refractivity contribution in [2.75, 3.05) is 19.0 Å². The minimum atomic E-state index is -0.595. The highest BCUT2D eigenvalue weighted by Crippen LogP contribution is 2.19. The molecule has 3 rings (SSSR count). The van der Waals surface area contributed by atoms with Crippen molar-refractivity contribution in [2.24, 2.45) is 0 Å². The summed E-state index contributed by atoms with van der Waals surface area (Å²) in [5.74, 6) is -1.60. The van der Waals surface area contributed by atoms with Crippen LogP contribution in [-0.4, -0.2) is 36.1 Å². The molecule has 0 saturated carbocycles. The van der Waals surface area contributed by atoms with Crippen LogP contribution in [0.2, 0.25) is 0 Å². The Hall–Kier alpha value is -3.87. The number of esters is 2. The van der Waals surface area contributed by atoms with E-state index in [-0.39, 0.29) is 0 Å². The number of amides is 1. The molecular formula is C24H24N2O5. The van der Waals surface area contributed by atoms with E-state index in [0.29, 0.717) is 16.8 Å². The minimum Gasteiger partial charge on any atom is -0.465 e. The fourth-order valence-electron chi connectivity index (χ4n) is 3.22. The van der Waals surface area contributed by atoms with Gasteiger partial charge < -0.3 is 19.4 Å². The van der Waals surface area contributed by atoms with Crippen molar-refractivity contribution >= 4 is 23.5 Å². The number of rotatable bonds is 6. The molecule has 0 bridgehead atoms. The smallest absolute Gasteiger partial charge is 0.338 e. The highest BCUT2D eigenvalue weighted by molar-refractivity contribution is 5.97. The normalized spacial score (nSPS) is 10.5. The van der Waals surface area contributed by atoms with Gasteiger partial charge in [-0.25, -0.2) is 9.59 Å². The van der Waals surface area contributed by atoms with E-state index >= 15 is 0 Å². The Kier molecular flexibility index (Phi) is 6.55. The van der Waals surface area contributed by atoms with Gasteiger partial charge in [0.1, 0.15) is 0 Å². The van der Waals surface area contributed by atoms with E-state index in [9.17, 15) is 14.4 Å². The van der Waals surface area contributed by atoms with Crippen molar-refractivity contribution < 1.29 is 23.9 Å². The molecule has 0 spiro atoms. The van der Waals surface area contributed by atoms with Gasteiger partial charge in [0.2, 0.25) is 0 Å². The van der Waals surface area contributed by atoms with Crippen molar-refractivity contribution in [3.05, 3.63) is 82.7 Å². The number of ether oxygens (including phenoxy) is 2. The molecule has 7 heteroatoms. The molecule has 1 N–H and O–H groups in total. The maximum absolute atomic E-state index is 12.3. The summed E-state index contributed by atoms with van der Waals surface area (Å²) in [6.07, 6.45) is 0. The Morgan fingerprint density at radius 1 is 0.839 bits per heavy atom. The van der Waals surface area contributed by atoms with E-state index in [1.54, 1.807) is 31.2 Å². The first-order valence-electron chi connectivity index (χ1n) is 9.71. The first kappa shape index (κ1) is 21.8. The van der Waals surface area contributed by atoms with Crippen molar-refractivity contribution in [1.29, 1.82) is 0 Å². The highest BCUT2D eigenvalue weighted by atomic mass is 16.5. The number of carbonyl (C=O) groups excluding carboxylic acids is 3. The molecule has 7 nitrogen and oxygen atoms in total. The second-order valence-electron chi connectivity index (χ2n) is 7.14. The fraction of sp³-hybridized carbons (Fsp3) is 0.208. The van der Waals surface area contributed by atoms with Gasteiger partial charge in [-0.15, -0.1) is 0 Å². The van der Waals surface area contributed by atoms with E-state index < -0.39 is 24.5 Å². The van der Waals surface area contributed by atoms with Crippen LogP contribution in [0.5, 0.6) is 0 Å². The van der Waals surface area contributed by atoms with Gasteiger partial charge >= 0.3 is 11.9 Å². The molecule has 0 fully saturated rings. The zero-order valence-electron chi connectivity index (χ0n) is 17.9. The number of hydrogen-bond donors (Lipinski definition) is 1. The molecular weight excluding hydrogens is 396 g/mol. The number of aryl methyl sites for hydroxylation is 3. The second-order valence-corrected chi connectivity index (χ2v) is 7.14. The standard InChI is InChI=1S/C24H24N2O5/c1-15-5-8-19(23(28)30-4)13-21(15)25-22(27)14-31-24(29)18-9-11-20(12-10-18)26-16(2)6-7-17(26)3/h5-13H,14H2,1-4H3,(H,25,27). The predicted octanol–water partition coefficient (Wildman–Crippen LogP) is 3.98. The van der Waals surface area contributed by atoms with Gasteiger partial charge in [-0.1, -0.05) is 6.07 Å². The van der Waals surface area contributed by atoms with Gasteiger partial charge in [-0.3, -0.25) is 4.79 Å². The zero-order chi connectivity index (χ0) is 22.5. The Balaban J connectivity index is 1.61. The number of nitrogens with one attached hydrogen (secondary N) is 1. The Bertz CT molecular complexity index is 1110. The van der Waals surface area contributed by atoms with Gasteiger partial charge in [0.05, 0.1) is 18.2 Å². The first-order chi connectivity index (χ1) is 14.8. The van der Waals surface area contributed by atoms with Crippen molar-refractivity contribution in [1.82, 2.24) is 4.57 Å². The van der Waals surface area contributed by atoms with Crippen molar-refractivity contribution in [3.8, 4) is 5.69 Å². The zero-order valence-corrected chi connectivity index (χ0v) is 17.9. The van der Waals surface area contributed by atoms with Crippen LogP contribution in [0.3, 0.4) is 0 Å². The van der Waals surface area contributed by atoms with E-state index in [0.717, 1.165) is 22.6 Å². The summed E-state index contributed by atoms with van der Waals surface area (Å²) in [7, 11) is 1.29. The molecule has 0 aliphatic carbocycles. The number of anilines is 1. The van der Waals surface area contributed by atoms with E-state index in [4.69, 9.17) is 4.74 Å². The lowest BCUT2D eigenvalue weighted by molar-refractivity contribution is -0.119. The summed E-state index contributed by atoms with van der Waals surface area (Å²) in [6.45, 7) is 5.36. The van der Waals surface area contributed by atoms with Crippen LogP contribution in [0.25, 0.3) is 5.69 Å². The number of benzene rings is 2. The van der Waals surface area contributed by atoms with Gasteiger partial charge in [0, 0.05) is 22.8 Å². The summed E-state index contributed by atoms with van der Waals surface area (Å²) in [6, 6.07) is 15.9. The van der Waals surface area contributed by atoms with Crippen molar-refractivity contribution in [2.45, 2.75) is 20.8 Å². The molecule has 1 aromatic heterocycles. The molecule has 0 aliphatic rings. The first-order valence-corrected chi connectivity index (χ1v) is 9.71. The second kappa shape index (κ2) is 9.30. The summed E-state index contributed by atoms with van der Waals surface area (Å²) in [5, 5.41) is 2.65. The van der Waals surface area contributed by atoms with E-state index in [1.165, 1.54) is 13.2 Å². The molecule has 0 unspecified atom stereocenters. The number of aromatic nitrogens is 1. The topological polar surface area (TPSA) is 86.6 Å². The Labute approximate surface area is 180 Å². The van der Waals surface area contributed by atoms with Gasteiger partial charge in [-0.2, -0.15) is 0 Å². The van der Waals surface area contributed by atoms with E-state index in [2.05, 4.69) is 14.6 Å². The van der Waals surface area contributed by atoms with Crippen LogP contribution < -0.4 is 5.32 Å². The van der Waals surface area contributed by atoms with Gasteiger partial charge in [0.15, 0.2) is 6.61 Å². The molecule has 160 valence electrons. The third-order valence-electron chi connectivity index (χ3n) is 4.90. The average Bonchev–Trinajstić information content (AvgIpc) is 3.11. The molecule has 0 aliphatic heterocycles. The molecule has 1 heterocycles. The number of carbonyl (C=O) groups is 3. The Morgan fingerprint density at radius 3 is 2.06 bits per heavy atom. The van der Waals surface area contributed by atoms with Gasteiger partial charge in [-0.05, 0) is 74.9 Å². The lowest BCUT2D eigenvalue weighted by Gasteiger charge is -2.11. The molecule has 0 radical (unpaired) electrons. The van der Waals surface area contributed by atoms with E-state index in [1.807, 2.05) is 38.1 Å². The van der Waals surface area contributed by atoms with Crippen LogP contribution in [-0.2, 0) is 14.3 Å². The van der Waals surface area contributed by atoms with Crippen LogP contribution in [0.4, 0.5) is 5.69 Å². The number of methoxy groups -OCH3 is 1. The maximum Gasteiger partial charge on any atom is 0.338 e. The molecule has 31 heavy (non-hydrogen) atoms. The third kappa shape index (κ3) is 5.01. The summed E-state index contributed by atoms with van der Waals surface area (Å²) >= 11 is 0. The molecule has 0 atom stereocenters. The monoisotopic (exact) mass is 420 g/mol. The van der Waals surface area contributed by atoms with Crippen LogP contribution >= 0.6 is 0 Å². The summed E-state index contributed by atoms with van der Waals surface area (Å²) in [5.41, 5.74) is 5.00. The van der Waals surface area contributed by atoms with Crippen LogP contribution in [0.15, 0.2) is 54.6 Å². The number of hydrogen-bond acceptors (Lipinski definition) is 5. The third-order valence-corrected chi connectivity index (χ3v) is 4.90. The quantitative estimate of drug-likeness (QED) is 0.610. The van der Waals surface area contributed by atoms with Crippen molar-refractivity contribution in [3.63, 3.8) is 0 Å². The summed E-state index contributed by atoms with van der Waals surface area (Å²) in [4.78, 5) is 36.2. The minimum absolute atomic E-state index is 0.314. The maximum atomic E-state index is 12.3. The molecule has 2 aromatic carbocycles. The molecule has 3 aromatic rings. The lowest BCUT2D eigenvalue weighted by atomic mass is 10.1. The van der Waals surface area contributed by atoms with Crippen LogP contribution in [0.1, 0.15) is 37.7 Å². The molecule has 1 amide bonds. The largest absolute Gasteiger partial charge is 0.465 e. The predicted molar refractivity (Wildman–Crippen MR) is 117 cm³/mol. The average molecular weight is 420 g/mol. The fourth-order valence-corrected chi connectivity index (χ4v) is 3.22. The van der Waals surface area contributed by atoms with Crippen LogP contribution in [0, 0.1) is 20.8 Å². The Morgan fingerprint density at radius 2 is 1.45 bits per heavy atom. The highest BCUT2D eigenvalue weighted by Gasteiger charge is 2.14. The lowest BCUT2D eigenvalue weighted by Crippen LogP contribution is -2.21. The van der Waals surface area contributed by atoms with Gasteiger partial charge in [0.25, 0.3) is 5.91 Å².